The standard InChI is InChI=1S/C31H57BrN4O6Si3/c1-19(37)34-26-21(32)23-22(27(38)35-26)33-18-36(23)28-25(42-45(15,16)31(8,9)10)24(41-44(13,14)30(5,6)7)20(40-28)17-39-43(11,12)29(2,3)4/h18,20,24-25,28H,17H2,1-16H3,(H2,34,35,37,38)/t20-,24-,25-,28-/m1/s1. The Balaban J connectivity index is 2.27. The molecule has 0 aliphatic carbocycles. The first-order chi connectivity index (χ1) is 20.1. The molecule has 10 nitrogen and oxygen atoms in total. The molecular weight excluding hydrogens is 689 g/mol. The van der Waals surface area contributed by atoms with Crippen LogP contribution in [0, 0.1) is 0 Å². The summed E-state index contributed by atoms with van der Waals surface area (Å²) in [5.41, 5.74) is 0.323. The summed E-state index contributed by atoms with van der Waals surface area (Å²) in [5.74, 6) is -0.0489. The third kappa shape index (κ3) is 7.95. The minimum Gasteiger partial charge on any atom is -0.414 e. The van der Waals surface area contributed by atoms with E-state index in [1.807, 2.05) is 4.57 Å². The first kappa shape index (κ1) is 38.3. The molecule has 1 aliphatic rings. The van der Waals surface area contributed by atoms with Crippen LogP contribution in [0.4, 0.5) is 5.82 Å². The first-order valence-electron chi connectivity index (χ1n) is 15.8. The van der Waals surface area contributed by atoms with E-state index in [0.717, 1.165) is 0 Å². The van der Waals surface area contributed by atoms with Crippen molar-refractivity contribution in [2.75, 3.05) is 11.9 Å². The number of aromatic amines is 1. The van der Waals surface area contributed by atoms with Gasteiger partial charge in [-0.3, -0.25) is 14.2 Å². The molecule has 0 bridgehead atoms. The van der Waals surface area contributed by atoms with Crippen LogP contribution >= 0.6 is 15.9 Å². The molecule has 3 heterocycles. The predicted molar refractivity (Wildman–Crippen MR) is 194 cm³/mol. The number of fused-ring (bicyclic) bond motifs is 1. The van der Waals surface area contributed by atoms with Crippen LogP contribution in [-0.4, -0.2) is 70.3 Å². The number of ether oxygens (including phenoxy) is 1. The maximum absolute atomic E-state index is 13.1. The molecule has 256 valence electrons. The molecule has 1 fully saturated rings. The lowest BCUT2D eigenvalue weighted by atomic mass is 10.1. The number of imidazole rings is 1. The van der Waals surface area contributed by atoms with E-state index in [1.165, 1.54) is 6.92 Å². The van der Waals surface area contributed by atoms with Crippen LogP contribution in [0.2, 0.25) is 54.4 Å². The highest BCUT2D eigenvalue weighted by Crippen LogP contribution is 2.47. The van der Waals surface area contributed by atoms with Crippen LogP contribution in [0.25, 0.3) is 11.0 Å². The number of aromatic nitrogens is 3. The number of halogens is 1. The van der Waals surface area contributed by atoms with Crippen molar-refractivity contribution in [3.8, 4) is 0 Å². The maximum atomic E-state index is 13.1. The van der Waals surface area contributed by atoms with Crippen molar-refractivity contribution < 1.29 is 22.8 Å². The number of amides is 1. The number of carbonyl (C=O) groups is 1. The van der Waals surface area contributed by atoms with E-state index in [2.05, 4.69) is 133 Å². The van der Waals surface area contributed by atoms with Crippen molar-refractivity contribution in [2.24, 2.45) is 0 Å². The zero-order valence-electron chi connectivity index (χ0n) is 30.3. The molecule has 0 saturated carbocycles. The van der Waals surface area contributed by atoms with Gasteiger partial charge in [0.2, 0.25) is 5.91 Å². The quantitative estimate of drug-likeness (QED) is 0.249. The molecule has 2 aromatic heterocycles. The number of pyridine rings is 1. The van der Waals surface area contributed by atoms with E-state index in [0.29, 0.717) is 16.6 Å². The molecule has 2 N–H and O–H groups in total. The first-order valence-corrected chi connectivity index (χ1v) is 25.3. The van der Waals surface area contributed by atoms with Gasteiger partial charge in [0.1, 0.15) is 24.1 Å². The van der Waals surface area contributed by atoms with E-state index in [9.17, 15) is 9.59 Å². The molecule has 1 amide bonds. The highest BCUT2D eigenvalue weighted by molar-refractivity contribution is 9.10. The molecule has 0 aromatic carbocycles. The molecule has 4 atom stereocenters. The van der Waals surface area contributed by atoms with E-state index in [-0.39, 0.29) is 32.4 Å². The molecule has 0 unspecified atom stereocenters. The van der Waals surface area contributed by atoms with Crippen molar-refractivity contribution in [1.82, 2.24) is 14.5 Å². The number of H-pyrrole nitrogens is 1. The number of nitrogens with zero attached hydrogens (tertiary/aromatic N) is 2. The van der Waals surface area contributed by atoms with Gasteiger partial charge >= 0.3 is 0 Å². The Bertz CT molecular complexity index is 1450. The van der Waals surface area contributed by atoms with Crippen molar-refractivity contribution >= 4 is 63.6 Å². The topological polar surface area (TPSA) is 117 Å². The van der Waals surface area contributed by atoms with E-state index >= 15 is 0 Å². The Labute approximate surface area is 281 Å². The Hall–Kier alpha value is -1.14. The summed E-state index contributed by atoms with van der Waals surface area (Å²) in [4.78, 5) is 32.3. The summed E-state index contributed by atoms with van der Waals surface area (Å²) in [7, 11) is -6.84. The SMILES string of the molecule is CC(=O)Nc1[nH]c(=O)c2ncn([C@@H]3O[C@H](CO[Si](C)(C)C(C)(C)C)[C@@H](O[Si](C)(C)C(C)(C)C)[C@H]3O[Si](C)(C)C(C)(C)C)c2c1Br. The lowest BCUT2D eigenvalue weighted by Crippen LogP contribution is -2.54. The fourth-order valence-electron chi connectivity index (χ4n) is 4.42. The van der Waals surface area contributed by atoms with Gasteiger partial charge in [0.05, 0.1) is 22.9 Å². The van der Waals surface area contributed by atoms with Gasteiger partial charge in [-0.25, -0.2) is 4.98 Å². The van der Waals surface area contributed by atoms with Crippen LogP contribution in [0.1, 0.15) is 75.5 Å². The molecular formula is C31H57BrN4O6Si3. The monoisotopic (exact) mass is 744 g/mol. The average Bonchev–Trinajstić information content (AvgIpc) is 3.41. The second kappa shape index (κ2) is 12.7. The van der Waals surface area contributed by atoms with Crippen LogP contribution in [0.3, 0.4) is 0 Å². The molecule has 1 aliphatic heterocycles. The summed E-state index contributed by atoms with van der Waals surface area (Å²) in [6, 6.07) is 0. The summed E-state index contributed by atoms with van der Waals surface area (Å²) < 4.78 is 30.6. The number of hydrogen-bond acceptors (Lipinski definition) is 7. The summed E-state index contributed by atoms with van der Waals surface area (Å²) in [5, 5.41) is 2.60. The van der Waals surface area contributed by atoms with Crippen LogP contribution < -0.4 is 10.9 Å². The van der Waals surface area contributed by atoms with Gasteiger partial charge in [-0.1, -0.05) is 62.3 Å². The minimum atomic E-state index is -2.38. The summed E-state index contributed by atoms with van der Waals surface area (Å²) in [6.45, 7) is 35.2. The van der Waals surface area contributed by atoms with Gasteiger partial charge in [-0.15, -0.1) is 0 Å². The van der Waals surface area contributed by atoms with E-state index in [1.54, 1.807) is 6.33 Å². The van der Waals surface area contributed by atoms with Gasteiger partial charge in [0, 0.05) is 6.92 Å². The largest absolute Gasteiger partial charge is 0.414 e. The molecule has 0 spiro atoms. The van der Waals surface area contributed by atoms with Crippen LogP contribution in [0.5, 0.6) is 0 Å². The van der Waals surface area contributed by atoms with Gasteiger partial charge < -0.3 is 28.3 Å². The Morgan fingerprint density at radius 3 is 1.89 bits per heavy atom. The number of anilines is 1. The predicted octanol–water partition coefficient (Wildman–Crippen LogP) is 8.15. The Morgan fingerprint density at radius 2 is 1.42 bits per heavy atom. The molecule has 14 heteroatoms. The fourth-order valence-corrected chi connectivity index (χ4v) is 8.63. The van der Waals surface area contributed by atoms with Gasteiger partial charge in [0.15, 0.2) is 36.7 Å². The lowest BCUT2D eigenvalue weighted by molar-refractivity contribution is -0.114. The third-order valence-electron chi connectivity index (χ3n) is 10.4. The Kier molecular flexibility index (Phi) is 10.8. The lowest BCUT2D eigenvalue weighted by Gasteiger charge is -2.44. The van der Waals surface area contributed by atoms with Crippen molar-refractivity contribution in [2.45, 2.75) is 148 Å². The van der Waals surface area contributed by atoms with Crippen molar-refractivity contribution in [3.05, 3.63) is 21.2 Å². The molecule has 3 rings (SSSR count). The summed E-state index contributed by atoms with van der Waals surface area (Å²) >= 11 is 3.64. The average molecular weight is 746 g/mol. The molecule has 1 saturated heterocycles. The third-order valence-corrected chi connectivity index (χ3v) is 24.6. The normalized spacial score (nSPS) is 22.3. The van der Waals surface area contributed by atoms with Gasteiger partial charge in [-0.05, 0) is 70.3 Å². The van der Waals surface area contributed by atoms with Crippen LogP contribution in [-0.2, 0) is 22.8 Å². The second-order valence-corrected chi connectivity index (χ2v) is 32.1. The smallest absolute Gasteiger partial charge is 0.277 e. The van der Waals surface area contributed by atoms with E-state index in [4.69, 9.17) is 18.0 Å². The van der Waals surface area contributed by atoms with E-state index < -0.39 is 55.1 Å². The minimum absolute atomic E-state index is 0.0182. The van der Waals surface area contributed by atoms with Gasteiger partial charge in [-0.2, -0.15) is 0 Å². The van der Waals surface area contributed by atoms with Crippen LogP contribution in [0.15, 0.2) is 15.6 Å². The Morgan fingerprint density at radius 1 is 0.933 bits per heavy atom. The molecule has 2 aromatic rings. The molecule has 45 heavy (non-hydrogen) atoms. The van der Waals surface area contributed by atoms with Crippen molar-refractivity contribution in [1.29, 1.82) is 0 Å². The molecule has 0 radical (unpaired) electrons. The zero-order chi connectivity index (χ0) is 34.7. The van der Waals surface area contributed by atoms with Gasteiger partial charge in [0.25, 0.3) is 5.56 Å². The highest BCUT2D eigenvalue weighted by Gasteiger charge is 2.55. The highest BCUT2D eigenvalue weighted by atomic mass is 79.9. The zero-order valence-corrected chi connectivity index (χ0v) is 34.9. The number of carbonyl (C=O) groups excluding carboxylic acids is 1. The van der Waals surface area contributed by atoms with Crippen molar-refractivity contribution in [3.63, 3.8) is 0 Å². The number of rotatable bonds is 9. The fraction of sp³-hybridized carbons (Fsp3) is 0.774. The number of nitrogens with one attached hydrogen (secondary N) is 2. The second-order valence-electron chi connectivity index (χ2n) is 17.0. The maximum Gasteiger partial charge on any atom is 0.277 e. The number of hydrogen-bond donors (Lipinski definition) is 2. The summed E-state index contributed by atoms with van der Waals surface area (Å²) in [6.07, 6.45) is -0.421.